The molecule has 146 valence electrons. The van der Waals surface area contributed by atoms with E-state index in [-0.39, 0.29) is 36.0 Å². The number of ether oxygens (including phenoxy) is 1. The maximum absolute atomic E-state index is 12.3. The monoisotopic (exact) mass is 385 g/mol. The van der Waals surface area contributed by atoms with Gasteiger partial charge in [-0.05, 0) is 62.2 Å². The highest BCUT2D eigenvalue weighted by atomic mass is 32.2. The number of aliphatic hydroxyl groups is 1. The zero-order chi connectivity index (χ0) is 18.6. The molecule has 2 N–H and O–H groups in total. The van der Waals surface area contributed by atoms with Crippen molar-refractivity contribution in [2.24, 2.45) is 17.3 Å². The molecule has 8 heteroatoms. The van der Waals surface area contributed by atoms with Gasteiger partial charge in [0.2, 0.25) is 0 Å². The minimum atomic E-state index is -3.05. The van der Waals surface area contributed by atoms with E-state index in [1.807, 2.05) is 0 Å². The van der Waals surface area contributed by atoms with E-state index in [0.717, 1.165) is 32.1 Å². The fraction of sp³-hybridized carbons (Fsp3) is 0.889. The average Bonchev–Trinajstić information content (AvgIpc) is 2.81. The van der Waals surface area contributed by atoms with E-state index in [1.165, 1.54) is 0 Å². The second kappa shape index (κ2) is 6.19. The van der Waals surface area contributed by atoms with Crippen molar-refractivity contribution >= 4 is 21.7 Å². The van der Waals surface area contributed by atoms with Crippen molar-refractivity contribution in [1.29, 1.82) is 0 Å². The third kappa shape index (κ3) is 3.76. The molecule has 3 atom stereocenters. The summed E-state index contributed by atoms with van der Waals surface area (Å²) in [6, 6.07) is -0.386. The summed E-state index contributed by atoms with van der Waals surface area (Å²) in [5, 5.41) is 13.4. The van der Waals surface area contributed by atoms with Crippen LogP contribution in [0.1, 0.15) is 51.4 Å². The van der Waals surface area contributed by atoms with Crippen LogP contribution in [0, 0.1) is 17.3 Å². The number of hydrogen-bond acceptors (Lipinski definition) is 6. The number of nitrogens with one attached hydrogen (secondary N) is 1. The molecule has 26 heavy (non-hydrogen) atoms. The second-order valence-corrected chi connectivity index (χ2v) is 11.4. The van der Waals surface area contributed by atoms with Crippen LogP contribution in [0.2, 0.25) is 0 Å². The Hall–Kier alpha value is -1.15. The molecule has 0 unspecified atom stereocenters. The SMILES string of the molecule is O=C(COC(=O)CC12C[C@H]3C[C@@H](CC(O)(C3)C1)C2)N[C@@H]1CCS(=O)(=O)C1. The summed E-state index contributed by atoms with van der Waals surface area (Å²) >= 11 is 0. The fourth-order valence-corrected chi connectivity index (χ4v) is 7.96. The van der Waals surface area contributed by atoms with Gasteiger partial charge < -0.3 is 15.2 Å². The minimum absolute atomic E-state index is 0.0445. The first-order valence-electron chi connectivity index (χ1n) is 9.52. The van der Waals surface area contributed by atoms with Crippen LogP contribution in [0.5, 0.6) is 0 Å². The van der Waals surface area contributed by atoms with E-state index >= 15 is 0 Å². The van der Waals surface area contributed by atoms with Crippen LogP contribution < -0.4 is 5.32 Å². The number of amides is 1. The van der Waals surface area contributed by atoms with Crippen LogP contribution in [0.4, 0.5) is 0 Å². The van der Waals surface area contributed by atoms with E-state index in [1.54, 1.807) is 0 Å². The van der Waals surface area contributed by atoms with E-state index in [0.29, 0.717) is 24.7 Å². The number of rotatable bonds is 5. The molecule has 1 amide bonds. The van der Waals surface area contributed by atoms with Crippen LogP contribution in [0.3, 0.4) is 0 Å². The minimum Gasteiger partial charge on any atom is -0.456 e. The van der Waals surface area contributed by atoms with Crippen molar-refractivity contribution in [2.75, 3.05) is 18.1 Å². The average molecular weight is 385 g/mol. The number of esters is 1. The summed E-state index contributed by atoms with van der Waals surface area (Å²) in [4.78, 5) is 24.2. The van der Waals surface area contributed by atoms with Gasteiger partial charge in [-0.3, -0.25) is 9.59 Å². The molecule has 4 aliphatic carbocycles. The van der Waals surface area contributed by atoms with Gasteiger partial charge in [0.05, 0.1) is 23.5 Å². The highest BCUT2D eigenvalue weighted by Crippen LogP contribution is 2.62. The Morgan fingerprint density at radius 1 is 1.15 bits per heavy atom. The van der Waals surface area contributed by atoms with Gasteiger partial charge in [-0.25, -0.2) is 8.42 Å². The molecule has 0 aromatic heterocycles. The molecule has 0 spiro atoms. The molecule has 1 saturated heterocycles. The van der Waals surface area contributed by atoms with Crippen LogP contribution in [-0.2, 0) is 24.2 Å². The Bertz CT molecular complexity index is 703. The number of hydrogen-bond donors (Lipinski definition) is 2. The highest BCUT2D eigenvalue weighted by molar-refractivity contribution is 7.91. The molecule has 1 heterocycles. The van der Waals surface area contributed by atoms with Gasteiger partial charge in [0.15, 0.2) is 16.4 Å². The van der Waals surface area contributed by atoms with E-state index in [9.17, 15) is 23.1 Å². The number of carbonyl (C=O) groups excluding carboxylic acids is 2. The van der Waals surface area contributed by atoms with Crippen LogP contribution >= 0.6 is 0 Å². The lowest BCUT2D eigenvalue weighted by Gasteiger charge is -2.60. The quantitative estimate of drug-likeness (QED) is 0.669. The standard InChI is InChI=1S/C18H27NO6S/c20-15(19-14-1-2-26(23,24)10-14)9-25-16(21)8-17-4-12-3-13(5-17)7-18(22,6-12)11-17/h12-14,22H,1-11H2,(H,19,20)/t12-,13-,14-,17?,18?/m1/s1. The van der Waals surface area contributed by atoms with Crippen LogP contribution in [0.15, 0.2) is 0 Å². The molecule has 0 aromatic carbocycles. The Balaban J connectivity index is 1.26. The molecule has 1 aliphatic heterocycles. The van der Waals surface area contributed by atoms with Crippen molar-refractivity contribution in [3.8, 4) is 0 Å². The predicted octanol–water partition coefficient (Wildman–Crippen LogP) is 0.554. The van der Waals surface area contributed by atoms with Gasteiger partial charge in [-0.2, -0.15) is 0 Å². The Labute approximate surface area is 153 Å². The molecular weight excluding hydrogens is 358 g/mol. The lowest BCUT2D eigenvalue weighted by atomic mass is 9.47. The van der Waals surface area contributed by atoms with Crippen molar-refractivity contribution < 1.29 is 27.9 Å². The van der Waals surface area contributed by atoms with E-state index in [2.05, 4.69) is 5.32 Å². The largest absolute Gasteiger partial charge is 0.456 e. The molecule has 7 nitrogen and oxygen atoms in total. The molecule has 5 rings (SSSR count). The second-order valence-electron chi connectivity index (χ2n) is 9.19. The van der Waals surface area contributed by atoms with Gasteiger partial charge in [-0.1, -0.05) is 0 Å². The normalized spacial score (nSPS) is 42.6. The van der Waals surface area contributed by atoms with Crippen molar-refractivity contribution in [1.82, 2.24) is 5.32 Å². The lowest BCUT2D eigenvalue weighted by Crippen LogP contribution is -2.56. The smallest absolute Gasteiger partial charge is 0.306 e. The van der Waals surface area contributed by atoms with Gasteiger partial charge in [-0.15, -0.1) is 0 Å². The van der Waals surface area contributed by atoms with Gasteiger partial charge in [0.25, 0.3) is 5.91 Å². The Kier molecular flexibility index (Phi) is 4.34. The highest BCUT2D eigenvalue weighted by Gasteiger charge is 2.57. The summed E-state index contributed by atoms with van der Waals surface area (Å²) in [6.07, 6.45) is 6.13. The van der Waals surface area contributed by atoms with Crippen LogP contribution in [0.25, 0.3) is 0 Å². The lowest BCUT2D eigenvalue weighted by molar-refractivity contribution is -0.177. The van der Waals surface area contributed by atoms with Gasteiger partial charge in [0, 0.05) is 6.04 Å². The Morgan fingerprint density at radius 2 is 1.85 bits per heavy atom. The molecule has 0 radical (unpaired) electrons. The van der Waals surface area contributed by atoms with Crippen LogP contribution in [-0.4, -0.2) is 55.2 Å². The molecule has 4 saturated carbocycles. The Morgan fingerprint density at radius 3 is 2.42 bits per heavy atom. The van der Waals surface area contributed by atoms with Crippen molar-refractivity contribution in [3.63, 3.8) is 0 Å². The topological polar surface area (TPSA) is 110 Å². The summed E-state index contributed by atoms with van der Waals surface area (Å²) in [5.41, 5.74) is -0.790. The summed E-state index contributed by atoms with van der Waals surface area (Å²) < 4.78 is 28.0. The van der Waals surface area contributed by atoms with Gasteiger partial charge in [0.1, 0.15) is 0 Å². The third-order valence-electron chi connectivity index (χ3n) is 6.63. The number of sulfone groups is 1. The third-order valence-corrected chi connectivity index (χ3v) is 8.40. The van der Waals surface area contributed by atoms with E-state index in [4.69, 9.17) is 4.74 Å². The molecular formula is C18H27NO6S. The zero-order valence-electron chi connectivity index (χ0n) is 14.9. The summed E-state index contributed by atoms with van der Waals surface area (Å²) in [5.74, 6) is 0.195. The maximum Gasteiger partial charge on any atom is 0.306 e. The maximum atomic E-state index is 12.3. The van der Waals surface area contributed by atoms with Gasteiger partial charge >= 0.3 is 5.97 Å². The zero-order valence-corrected chi connectivity index (χ0v) is 15.7. The van der Waals surface area contributed by atoms with E-state index < -0.39 is 27.3 Å². The first kappa shape index (κ1) is 18.2. The summed E-state index contributed by atoms with van der Waals surface area (Å²) in [7, 11) is -3.05. The van der Waals surface area contributed by atoms with Crippen molar-refractivity contribution in [3.05, 3.63) is 0 Å². The molecule has 5 aliphatic rings. The fourth-order valence-electron chi connectivity index (χ4n) is 6.29. The summed E-state index contributed by atoms with van der Waals surface area (Å²) in [6.45, 7) is -0.372. The first-order chi connectivity index (χ1) is 12.1. The molecule has 0 aromatic rings. The predicted molar refractivity (Wildman–Crippen MR) is 92.8 cm³/mol. The number of carbonyl (C=O) groups is 2. The molecule has 4 bridgehead atoms. The molecule has 5 fully saturated rings. The first-order valence-corrected chi connectivity index (χ1v) is 11.3. The van der Waals surface area contributed by atoms with Crippen molar-refractivity contribution in [2.45, 2.75) is 63.0 Å².